The fourth-order valence-electron chi connectivity index (χ4n) is 7.49. The summed E-state index contributed by atoms with van der Waals surface area (Å²) < 4.78 is 28.5. The van der Waals surface area contributed by atoms with Crippen LogP contribution in [0.2, 0.25) is 0 Å². The minimum Gasteiger partial charge on any atom is -0.457 e. The van der Waals surface area contributed by atoms with Gasteiger partial charge < -0.3 is 33.2 Å². The fourth-order valence-corrected chi connectivity index (χ4v) is 8.06. The summed E-state index contributed by atoms with van der Waals surface area (Å²) >= 11 is 3.21. The van der Waals surface area contributed by atoms with Crippen molar-refractivity contribution in [3.63, 3.8) is 0 Å². The molecule has 14 rings (SSSR count). The Kier molecular flexibility index (Phi) is 13.6. The highest BCUT2D eigenvalue weighted by molar-refractivity contribution is 9.09. The van der Waals surface area contributed by atoms with Crippen LogP contribution >= 0.6 is 15.9 Å². The van der Waals surface area contributed by atoms with E-state index in [0.717, 1.165) is 16.7 Å². The maximum atomic E-state index is 12.4. The number of nitrogens with zero attached hydrogens (tertiary/aromatic N) is 5. The third kappa shape index (κ3) is 9.59. The molecule has 2 aromatic carbocycles. The van der Waals surface area contributed by atoms with Gasteiger partial charge >= 0.3 is 41.4 Å². The first kappa shape index (κ1) is 47.6. The number of carbonyl (C=O) groups is 7. The summed E-state index contributed by atoms with van der Waals surface area (Å²) in [6, 6.07) is 22.8. The summed E-state index contributed by atoms with van der Waals surface area (Å²) in [7, 11) is 0. The Bertz CT molecular complexity index is 3450. The highest BCUT2D eigenvalue weighted by Crippen LogP contribution is 2.39. The average Bonchev–Trinajstić information content (AvgIpc) is 4.25. The molecule has 21 heteroatoms. The minimum absolute atomic E-state index is 0.106. The van der Waals surface area contributed by atoms with Crippen molar-refractivity contribution < 1.29 is 66.8 Å². The molecule has 356 valence electrons. The molecule has 20 nitrogen and oxygen atoms in total. The number of aromatic nitrogens is 5. The first-order chi connectivity index (χ1) is 34.9. The molecular formula is C51H30BrN5O15. The van der Waals surface area contributed by atoms with Gasteiger partial charge in [-0.05, 0) is 52.3 Å². The lowest BCUT2D eigenvalue weighted by atomic mass is 10.1. The number of pyridine rings is 5. The molecule has 0 fully saturated rings. The predicted octanol–water partition coefficient (Wildman–Crippen LogP) is 6.79. The maximum Gasteiger partial charge on any atom is 0.348 e. The van der Waals surface area contributed by atoms with Gasteiger partial charge in [-0.3, -0.25) is 29.7 Å². The minimum atomic E-state index is -1.11. The van der Waals surface area contributed by atoms with Gasteiger partial charge in [0.2, 0.25) is 6.29 Å². The van der Waals surface area contributed by atoms with Gasteiger partial charge in [-0.1, -0.05) is 42.5 Å². The Hall–Kier alpha value is -9.47. The predicted molar refractivity (Wildman–Crippen MR) is 248 cm³/mol. The van der Waals surface area contributed by atoms with Crippen molar-refractivity contribution in [3.05, 3.63) is 218 Å². The third-order valence-corrected chi connectivity index (χ3v) is 11.7. The van der Waals surface area contributed by atoms with Crippen molar-refractivity contribution in [2.75, 3.05) is 0 Å². The molecule has 0 amide bonds. The zero-order chi connectivity index (χ0) is 50.5. The van der Waals surface area contributed by atoms with E-state index < -0.39 is 29.8 Å². The number of esters is 6. The number of aliphatic hydroxyl groups is 1. The Morgan fingerprint density at radius 3 is 1.65 bits per heavy atom. The van der Waals surface area contributed by atoms with E-state index >= 15 is 0 Å². The summed E-state index contributed by atoms with van der Waals surface area (Å²) in [6.07, 6.45) is 13.9. The standard InChI is InChI=1S/C15H7NO3.C8H6O2.C7H4BrNO2.C7H5NO3.C7H3NO3.C7H5NO2/c17-13-9-3-1-2-4-10(9)14-12(13)8-5-6-16-7-11(8)15(18)19-14;9-8-7-4-2-1-3-6(7)5-10-8;8-6-4-1-2-9-3-5(4)7(10)11-6;2*9-6-4-1-2-8-3-5(4)7(10)11-6;9-7-6-3-8-2-1-5(6)4-10-7/h1-7H;1-4H,5H2;1-3,6H;1-3,6,9H;1-3H;1-3H,4H2. The second-order valence-corrected chi connectivity index (χ2v) is 16.1. The molecule has 5 aliphatic heterocycles. The number of halogens is 1. The van der Waals surface area contributed by atoms with Crippen molar-refractivity contribution in [1.82, 2.24) is 24.9 Å². The molecule has 0 saturated carbocycles. The zero-order valence-corrected chi connectivity index (χ0v) is 38.2. The molecule has 0 radical (unpaired) electrons. The van der Waals surface area contributed by atoms with E-state index in [1.54, 1.807) is 67.1 Å². The van der Waals surface area contributed by atoms with Crippen LogP contribution < -0.4 is 5.63 Å². The van der Waals surface area contributed by atoms with Gasteiger partial charge in [-0.2, -0.15) is 0 Å². The molecule has 0 bridgehead atoms. The van der Waals surface area contributed by atoms with Crippen LogP contribution in [0.25, 0.3) is 22.1 Å². The number of ether oxygens (including phenoxy) is 5. The number of carbonyl (C=O) groups excluding carboxylic acids is 7. The molecule has 8 aromatic rings. The van der Waals surface area contributed by atoms with Gasteiger partial charge in [-0.25, -0.2) is 33.6 Å². The lowest BCUT2D eigenvalue weighted by Crippen LogP contribution is -2.04. The molecule has 6 aromatic heterocycles. The number of fused-ring (bicyclic) bond motifs is 10. The first-order valence-electron chi connectivity index (χ1n) is 21.1. The number of ketones is 1. The largest absolute Gasteiger partial charge is 0.457 e. The van der Waals surface area contributed by atoms with Crippen LogP contribution in [0.4, 0.5) is 0 Å². The van der Waals surface area contributed by atoms with E-state index in [2.05, 4.69) is 50.3 Å². The number of rotatable bonds is 0. The van der Waals surface area contributed by atoms with Gasteiger partial charge in [0, 0.05) is 101 Å². The fraction of sp³-hybridized carbons (Fsp3) is 0.0784. The Balaban J connectivity index is 0.000000109. The van der Waals surface area contributed by atoms with Crippen molar-refractivity contribution in [2.24, 2.45) is 0 Å². The van der Waals surface area contributed by atoms with Gasteiger partial charge in [0.1, 0.15) is 13.2 Å². The van der Waals surface area contributed by atoms with E-state index in [-0.39, 0.29) is 34.3 Å². The van der Waals surface area contributed by atoms with Crippen molar-refractivity contribution in [2.45, 2.75) is 24.5 Å². The Morgan fingerprint density at radius 1 is 0.458 bits per heavy atom. The first-order valence-corrected chi connectivity index (χ1v) is 22.0. The second-order valence-electron chi connectivity index (χ2n) is 15.2. The van der Waals surface area contributed by atoms with E-state index in [9.17, 15) is 38.4 Å². The topological polar surface area (TPSA) is 281 Å². The molecule has 72 heavy (non-hydrogen) atoms. The average molecular weight is 1030 g/mol. The smallest absolute Gasteiger partial charge is 0.348 e. The van der Waals surface area contributed by atoms with Gasteiger partial charge in [0.25, 0.3) is 0 Å². The zero-order valence-electron chi connectivity index (χ0n) is 36.6. The van der Waals surface area contributed by atoms with Crippen LogP contribution in [0.15, 0.2) is 150 Å². The number of hydrogen-bond acceptors (Lipinski definition) is 20. The SMILES string of the molecule is O=C1OC(=O)c2cnccc21.O=C1OC(Br)c2ccncc21.O=C1OC(O)c2ccncc21.O=C1OCc2ccccc21.O=C1OCc2ccncc21.O=C1c2ccccc2-c2oc(=O)c3cnccc3c21. The second kappa shape index (κ2) is 20.6. The van der Waals surface area contributed by atoms with Crippen molar-refractivity contribution >= 4 is 68.3 Å². The third-order valence-electron chi connectivity index (χ3n) is 11.0. The van der Waals surface area contributed by atoms with E-state index in [0.29, 0.717) is 79.8 Å². The summed E-state index contributed by atoms with van der Waals surface area (Å²) in [4.78, 5) is 108. The lowest BCUT2D eigenvalue weighted by Gasteiger charge is -2.01. The van der Waals surface area contributed by atoms with E-state index in [1.807, 2.05) is 24.3 Å². The van der Waals surface area contributed by atoms with Crippen molar-refractivity contribution in [3.8, 4) is 11.3 Å². The molecule has 11 heterocycles. The Morgan fingerprint density at radius 2 is 0.986 bits per heavy atom. The molecule has 1 N–H and O–H groups in total. The molecular weight excluding hydrogens is 1000 g/mol. The van der Waals surface area contributed by atoms with Crippen LogP contribution in [0, 0.1) is 0 Å². The lowest BCUT2D eigenvalue weighted by molar-refractivity contribution is -0.0548. The molecule has 0 saturated heterocycles. The van der Waals surface area contributed by atoms with E-state index in [1.165, 1.54) is 49.4 Å². The van der Waals surface area contributed by atoms with Crippen LogP contribution in [0.5, 0.6) is 0 Å². The number of benzene rings is 2. The maximum absolute atomic E-state index is 12.4. The highest BCUT2D eigenvalue weighted by atomic mass is 79.9. The molecule has 2 unspecified atom stereocenters. The normalized spacial score (nSPS) is 16.1. The van der Waals surface area contributed by atoms with Gasteiger partial charge in [-0.15, -0.1) is 0 Å². The van der Waals surface area contributed by atoms with Gasteiger partial charge in [0.05, 0.1) is 44.3 Å². The van der Waals surface area contributed by atoms with E-state index in [4.69, 9.17) is 23.7 Å². The highest BCUT2D eigenvalue weighted by Gasteiger charge is 2.33. The summed E-state index contributed by atoms with van der Waals surface area (Å²) in [6.45, 7) is 0.839. The summed E-state index contributed by atoms with van der Waals surface area (Å²) in [5, 5.41) is 9.72. The molecule has 6 aliphatic rings. The van der Waals surface area contributed by atoms with Crippen LogP contribution in [0.3, 0.4) is 0 Å². The Labute approximate surface area is 412 Å². The van der Waals surface area contributed by atoms with Crippen LogP contribution in [-0.2, 0) is 36.9 Å². The number of cyclic esters (lactones) is 6. The number of aliphatic hydroxyl groups excluding tert-OH is 1. The molecule has 2 atom stereocenters. The quantitative estimate of drug-likeness (QED) is 0.0708. The monoisotopic (exact) mass is 1030 g/mol. The van der Waals surface area contributed by atoms with Gasteiger partial charge in [0.15, 0.2) is 16.6 Å². The number of alkyl halides is 1. The number of hydrogen-bond donors (Lipinski definition) is 1. The summed E-state index contributed by atoms with van der Waals surface area (Å²) in [5.74, 6) is -2.23. The molecule has 0 spiro atoms. The van der Waals surface area contributed by atoms with Crippen LogP contribution in [-0.4, -0.2) is 71.6 Å². The van der Waals surface area contributed by atoms with Crippen molar-refractivity contribution in [1.29, 1.82) is 0 Å². The van der Waals surface area contributed by atoms with Crippen LogP contribution in [0.1, 0.15) is 112 Å². The summed E-state index contributed by atoms with van der Waals surface area (Å²) in [5.41, 5.74) is 7.26. The molecule has 1 aliphatic carbocycles.